The van der Waals surface area contributed by atoms with Crippen molar-refractivity contribution in [3.05, 3.63) is 23.5 Å². The van der Waals surface area contributed by atoms with Crippen LogP contribution in [0.3, 0.4) is 0 Å². The summed E-state index contributed by atoms with van der Waals surface area (Å²) >= 11 is 0. The second kappa shape index (κ2) is 4.97. The van der Waals surface area contributed by atoms with E-state index in [1.54, 1.807) is 6.92 Å². The second-order valence-corrected chi connectivity index (χ2v) is 8.77. The number of sulfone groups is 1. The Morgan fingerprint density at radius 3 is 2.60 bits per heavy atom. The van der Waals surface area contributed by atoms with Crippen LogP contribution in [0.4, 0.5) is 10.1 Å². The molecule has 9 heteroatoms. The summed E-state index contributed by atoms with van der Waals surface area (Å²) in [6.45, 7) is 1.56. The molecule has 0 saturated carbocycles. The number of rotatable bonds is 3. The van der Waals surface area contributed by atoms with E-state index in [1.165, 1.54) is 0 Å². The van der Waals surface area contributed by atoms with E-state index in [2.05, 4.69) is 4.72 Å². The number of nitrogens with one attached hydrogen (secondary N) is 1. The third-order valence-electron chi connectivity index (χ3n) is 3.16. The van der Waals surface area contributed by atoms with Crippen LogP contribution in [0.25, 0.3) is 0 Å². The molecule has 0 aliphatic carbocycles. The predicted molar refractivity (Wildman–Crippen MR) is 72.9 cm³/mol. The molecule has 0 aromatic heterocycles. The SMILES string of the molecule is Cc1cc(F)c(S(=O)(=O)NC2CCS(=O)(=O)C2)cc1N. The molecule has 1 heterocycles. The van der Waals surface area contributed by atoms with E-state index < -0.39 is 36.6 Å². The molecule has 1 aromatic carbocycles. The van der Waals surface area contributed by atoms with Crippen molar-refractivity contribution in [1.29, 1.82) is 0 Å². The van der Waals surface area contributed by atoms with Gasteiger partial charge in [0.15, 0.2) is 9.84 Å². The van der Waals surface area contributed by atoms with Crippen LogP contribution in [0.5, 0.6) is 0 Å². The number of hydrogen-bond donors (Lipinski definition) is 2. The van der Waals surface area contributed by atoms with Crippen molar-refractivity contribution in [3.63, 3.8) is 0 Å². The van der Waals surface area contributed by atoms with Gasteiger partial charge in [0, 0.05) is 11.7 Å². The summed E-state index contributed by atoms with van der Waals surface area (Å²) in [4.78, 5) is -0.565. The molecule has 0 radical (unpaired) electrons. The monoisotopic (exact) mass is 322 g/mol. The van der Waals surface area contributed by atoms with Gasteiger partial charge in [0.05, 0.1) is 11.5 Å². The normalized spacial score (nSPS) is 22.0. The number of sulfonamides is 1. The van der Waals surface area contributed by atoms with Gasteiger partial charge < -0.3 is 5.73 Å². The van der Waals surface area contributed by atoms with Crippen LogP contribution in [0.1, 0.15) is 12.0 Å². The van der Waals surface area contributed by atoms with Crippen LogP contribution in [0, 0.1) is 12.7 Å². The highest BCUT2D eigenvalue weighted by Crippen LogP contribution is 2.22. The summed E-state index contributed by atoms with van der Waals surface area (Å²) in [6, 6.07) is 1.35. The molecule has 1 aliphatic heterocycles. The van der Waals surface area contributed by atoms with E-state index in [1.807, 2.05) is 0 Å². The zero-order chi connectivity index (χ0) is 15.1. The highest BCUT2D eigenvalue weighted by Gasteiger charge is 2.32. The molecule has 0 spiro atoms. The summed E-state index contributed by atoms with van der Waals surface area (Å²) in [7, 11) is -7.35. The summed E-state index contributed by atoms with van der Waals surface area (Å²) in [6.07, 6.45) is 0.185. The average Bonchev–Trinajstić information content (AvgIpc) is 2.62. The molecule has 0 bridgehead atoms. The lowest BCUT2D eigenvalue weighted by atomic mass is 10.2. The van der Waals surface area contributed by atoms with Gasteiger partial charge in [0.25, 0.3) is 0 Å². The Balaban J connectivity index is 2.30. The highest BCUT2D eigenvalue weighted by atomic mass is 32.2. The maximum Gasteiger partial charge on any atom is 0.243 e. The molecular formula is C11H15FN2O4S2. The first-order valence-corrected chi connectivity index (χ1v) is 9.19. The van der Waals surface area contributed by atoms with E-state index >= 15 is 0 Å². The first-order valence-electron chi connectivity index (χ1n) is 5.89. The summed E-state index contributed by atoms with van der Waals surface area (Å²) in [5.74, 6) is -1.25. The maximum atomic E-state index is 13.8. The van der Waals surface area contributed by atoms with Crippen LogP contribution >= 0.6 is 0 Å². The fraction of sp³-hybridized carbons (Fsp3) is 0.455. The van der Waals surface area contributed by atoms with Gasteiger partial charge in [-0.3, -0.25) is 0 Å². The maximum absolute atomic E-state index is 13.8. The van der Waals surface area contributed by atoms with E-state index in [-0.39, 0.29) is 23.6 Å². The summed E-state index contributed by atoms with van der Waals surface area (Å²) in [5.41, 5.74) is 6.18. The number of nitrogens with two attached hydrogens (primary N) is 1. The van der Waals surface area contributed by atoms with Crippen molar-refractivity contribution in [2.45, 2.75) is 24.3 Å². The molecule has 112 valence electrons. The lowest BCUT2D eigenvalue weighted by Gasteiger charge is -2.13. The molecule has 2 rings (SSSR count). The summed E-state index contributed by atoms with van der Waals surface area (Å²) < 4.78 is 62.7. The Bertz CT molecular complexity index is 744. The Kier molecular flexibility index (Phi) is 3.78. The first-order chi connectivity index (χ1) is 9.11. The minimum absolute atomic E-state index is 0.0707. The molecule has 1 fully saturated rings. The lowest BCUT2D eigenvalue weighted by Crippen LogP contribution is -2.36. The number of halogens is 1. The minimum Gasteiger partial charge on any atom is -0.398 e. The molecule has 1 aliphatic rings. The van der Waals surface area contributed by atoms with Crippen molar-refractivity contribution >= 4 is 25.5 Å². The molecule has 1 aromatic rings. The van der Waals surface area contributed by atoms with Gasteiger partial charge in [-0.2, -0.15) is 0 Å². The fourth-order valence-electron chi connectivity index (χ4n) is 2.05. The van der Waals surface area contributed by atoms with Crippen molar-refractivity contribution in [1.82, 2.24) is 4.72 Å². The topological polar surface area (TPSA) is 106 Å². The van der Waals surface area contributed by atoms with Gasteiger partial charge in [0.1, 0.15) is 10.7 Å². The fourth-order valence-corrected chi connectivity index (χ4v) is 5.19. The Hall–Kier alpha value is -1.19. The summed E-state index contributed by atoms with van der Waals surface area (Å²) in [5, 5.41) is 0. The van der Waals surface area contributed by atoms with E-state index in [0.29, 0.717) is 5.56 Å². The molecule has 1 unspecified atom stereocenters. The van der Waals surface area contributed by atoms with Crippen molar-refractivity contribution in [2.75, 3.05) is 17.2 Å². The van der Waals surface area contributed by atoms with Crippen LogP contribution < -0.4 is 10.5 Å². The molecule has 6 nitrogen and oxygen atoms in total. The second-order valence-electron chi connectivity index (χ2n) is 4.86. The minimum atomic E-state index is -4.13. The Labute approximate surface area is 117 Å². The Morgan fingerprint density at radius 1 is 1.40 bits per heavy atom. The number of nitrogen functional groups attached to an aromatic ring is 1. The first kappa shape index (κ1) is 15.2. The molecule has 3 N–H and O–H groups in total. The van der Waals surface area contributed by atoms with E-state index in [9.17, 15) is 21.2 Å². The van der Waals surface area contributed by atoms with Crippen LogP contribution in [-0.2, 0) is 19.9 Å². The van der Waals surface area contributed by atoms with Crippen molar-refractivity contribution < 1.29 is 21.2 Å². The van der Waals surface area contributed by atoms with Crippen molar-refractivity contribution in [3.8, 4) is 0 Å². The van der Waals surface area contributed by atoms with Gasteiger partial charge in [0.2, 0.25) is 10.0 Å². The van der Waals surface area contributed by atoms with Gasteiger partial charge in [-0.05, 0) is 31.0 Å². The quantitative estimate of drug-likeness (QED) is 0.772. The number of aryl methyl sites for hydroxylation is 1. The number of hydrogen-bond acceptors (Lipinski definition) is 5. The zero-order valence-electron chi connectivity index (χ0n) is 10.8. The molecule has 1 atom stereocenters. The zero-order valence-corrected chi connectivity index (χ0v) is 12.4. The molecular weight excluding hydrogens is 307 g/mol. The van der Waals surface area contributed by atoms with Crippen LogP contribution in [0.15, 0.2) is 17.0 Å². The average molecular weight is 322 g/mol. The largest absolute Gasteiger partial charge is 0.398 e. The molecule has 1 saturated heterocycles. The van der Waals surface area contributed by atoms with Crippen LogP contribution in [0.2, 0.25) is 0 Å². The smallest absolute Gasteiger partial charge is 0.243 e. The van der Waals surface area contributed by atoms with E-state index in [0.717, 1.165) is 12.1 Å². The van der Waals surface area contributed by atoms with E-state index in [4.69, 9.17) is 5.73 Å². The lowest BCUT2D eigenvalue weighted by molar-refractivity contribution is 0.544. The van der Waals surface area contributed by atoms with Crippen molar-refractivity contribution in [2.24, 2.45) is 0 Å². The van der Waals surface area contributed by atoms with Gasteiger partial charge in [-0.1, -0.05) is 0 Å². The van der Waals surface area contributed by atoms with Gasteiger partial charge >= 0.3 is 0 Å². The van der Waals surface area contributed by atoms with Gasteiger partial charge in [-0.15, -0.1) is 0 Å². The predicted octanol–water partition coefficient (Wildman–Crippen LogP) is 0.182. The third kappa shape index (κ3) is 3.10. The highest BCUT2D eigenvalue weighted by molar-refractivity contribution is 7.92. The van der Waals surface area contributed by atoms with Gasteiger partial charge in [-0.25, -0.2) is 25.9 Å². The van der Waals surface area contributed by atoms with Crippen LogP contribution in [-0.4, -0.2) is 34.4 Å². The molecule has 0 amide bonds. The Morgan fingerprint density at radius 2 is 2.05 bits per heavy atom. The number of benzene rings is 1. The third-order valence-corrected chi connectivity index (χ3v) is 6.47. The molecule has 20 heavy (non-hydrogen) atoms. The number of anilines is 1. The standard InChI is InChI=1S/C11H15FN2O4S2/c1-7-4-9(12)11(5-10(7)13)20(17,18)14-8-2-3-19(15,16)6-8/h4-5,8,14H,2-3,6,13H2,1H3.